The van der Waals surface area contributed by atoms with Crippen LogP contribution in [-0.4, -0.2) is 43.9 Å². The average molecular weight is 274 g/mol. The van der Waals surface area contributed by atoms with E-state index in [1.165, 1.54) is 0 Å². The first-order chi connectivity index (χ1) is 8.91. The minimum atomic E-state index is -0.879. The molecule has 2 amide bonds. The van der Waals surface area contributed by atoms with Gasteiger partial charge in [-0.15, -0.1) is 0 Å². The van der Waals surface area contributed by atoms with Crippen LogP contribution in [-0.2, 0) is 9.53 Å². The number of hydrogen-bond acceptors (Lipinski definition) is 3. The third-order valence-electron chi connectivity index (χ3n) is 3.46. The molecule has 0 rings (SSSR count). The fourth-order valence-electron chi connectivity index (χ4n) is 1.80. The van der Waals surface area contributed by atoms with Crippen molar-refractivity contribution >= 4 is 12.0 Å². The minimum absolute atomic E-state index is 0.139. The largest absolute Gasteiger partial charge is 0.481 e. The van der Waals surface area contributed by atoms with E-state index >= 15 is 0 Å². The summed E-state index contributed by atoms with van der Waals surface area (Å²) < 4.78 is 4.97. The lowest BCUT2D eigenvalue weighted by Crippen LogP contribution is -2.46. The third kappa shape index (κ3) is 5.92. The first-order valence-electron chi connectivity index (χ1n) is 6.65. The number of ether oxygens (including phenoxy) is 1. The Morgan fingerprint density at radius 3 is 2.26 bits per heavy atom. The van der Waals surface area contributed by atoms with E-state index in [9.17, 15) is 14.7 Å². The van der Waals surface area contributed by atoms with Gasteiger partial charge in [0.1, 0.15) is 0 Å². The van der Waals surface area contributed by atoms with E-state index in [0.29, 0.717) is 26.0 Å². The van der Waals surface area contributed by atoms with Gasteiger partial charge in [0.15, 0.2) is 0 Å². The Kier molecular flexibility index (Phi) is 8.14. The highest BCUT2D eigenvalue weighted by molar-refractivity contribution is 5.78. The molecule has 0 spiro atoms. The molecular formula is C13H26N2O4. The fourth-order valence-corrected chi connectivity index (χ4v) is 1.80. The normalized spacial score (nSPS) is 12.8. The summed E-state index contributed by atoms with van der Waals surface area (Å²) in [7, 11) is 1.61. The highest BCUT2D eigenvalue weighted by Gasteiger charge is 2.35. The Bertz CT molecular complexity index is 290. The molecule has 0 aliphatic heterocycles. The van der Waals surface area contributed by atoms with Gasteiger partial charge in [0, 0.05) is 20.2 Å². The predicted molar refractivity (Wildman–Crippen MR) is 73.1 cm³/mol. The molecule has 0 aromatic carbocycles. The van der Waals surface area contributed by atoms with E-state index in [1.54, 1.807) is 7.11 Å². The van der Waals surface area contributed by atoms with Crippen molar-refractivity contribution in [3.63, 3.8) is 0 Å². The van der Waals surface area contributed by atoms with Crippen LogP contribution in [0, 0.1) is 11.3 Å². The van der Waals surface area contributed by atoms with Crippen LogP contribution in [0.15, 0.2) is 0 Å². The van der Waals surface area contributed by atoms with Gasteiger partial charge in [-0.25, -0.2) is 4.79 Å². The van der Waals surface area contributed by atoms with Crippen LogP contribution in [0.3, 0.4) is 0 Å². The summed E-state index contributed by atoms with van der Waals surface area (Å²) in [6, 6.07) is -0.338. The second kappa shape index (κ2) is 8.74. The molecule has 0 fully saturated rings. The number of hydrogen-bond donors (Lipinski definition) is 3. The van der Waals surface area contributed by atoms with Crippen molar-refractivity contribution in [3.05, 3.63) is 0 Å². The molecule has 0 heterocycles. The van der Waals surface area contributed by atoms with E-state index in [-0.39, 0.29) is 18.5 Å². The number of aliphatic carboxylic acids is 1. The smallest absolute Gasteiger partial charge is 0.314 e. The molecule has 0 saturated heterocycles. The average Bonchev–Trinajstić information content (AvgIpc) is 2.38. The number of amides is 2. The van der Waals surface area contributed by atoms with E-state index in [4.69, 9.17) is 4.74 Å². The second-order valence-corrected chi connectivity index (χ2v) is 4.92. The molecule has 6 heteroatoms. The molecule has 1 atom stereocenters. The summed E-state index contributed by atoms with van der Waals surface area (Å²) in [5.41, 5.74) is -0.879. The van der Waals surface area contributed by atoms with Gasteiger partial charge in [0.05, 0.1) is 12.0 Å². The van der Waals surface area contributed by atoms with Crippen LogP contribution in [0.1, 0.15) is 33.6 Å². The summed E-state index contributed by atoms with van der Waals surface area (Å²) >= 11 is 0. The van der Waals surface area contributed by atoms with Gasteiger partial charge in [0.25, 0.3) is 0 Å². The number of rotatable bonds is 9. The van der Waals surface area contributed by atoms with Gasteiger partial charge in [-0.1, -0.05) is 20.8 Å². The first-order valence-corrected chi connectivity index (χ1v) is 6.65. The zero-order chi connectivity index (χ0) is 14.9. The maximum absolute atomic E-state index is 11.6. The Morgan fingerprint density at radius 2 is 1.84 bits per heavy atom. The minimum Gasteiger partial charge on any atom is -0.481 e. The van der Waals surface area contributed by atoms with E-state index in [2.05, 4.69) is 10.6 Å². The van der Waals surface area contributed by atoms with E-state index in [1.807, 2.05) is 20.8 Å². The zero-order valence-electron chi connectivity index (χ0n) is 12.3. The lowest BCUT2D eigenvalue weighted by molar-refractivity contribution is -0.149. The Balaban J connectivity index is 4.16. The maximum atomic E-state index is 11.6. The fraction of sp³-hybridized carbons (Fsp3) is 0.846. The van der Waals surface area contributed by atoms with Crippen molar-refractivity contribution < 1.29 is 19.4 Å². The molecule has 0 aromatic heterocycles. The molecule has 19 heavy (non-hydrogen) atoms. The number of methoxy groups -OCH3 is 1. The van der Waals surface area contributed by atoms with Crippen molar-refractivity contribution in [3.8, 4) is 0 Å². The summed E-state index contributed by atoms with van der Waals surface area (Å²) in [4.78, 5) is 22.9. The standard InChI is InChI=1S/C13H26N2O4/c1-5-13(6-2,11(16)17)9-15-12(18)14-7-10(3)8-19-4/h10H,5-9H2,1-4H3,(H,16,17)(H2,14,15,18). The molecule has 0 aliphatic rings. The monoisotopic (exact) mass is 274 g/mol. The van der Waals surface area contributed by atoms with Crippen LogP contribution in [0.5, 0.6) is 0 Å². The van der Waals surface area contributed by atoms with Gasteiger partial charge in [-0.2, -0.15) is 0 Å². The second-order valence-electron chi connectivity index (χ2n) is 4.92. The van der Waals surface area contributed by atoms with Crippen molar-refractivity contribution in [2.45, 2.75) is 33.6 Å². The molecule has 0 aromatic rings. The maximum Gasteiger partial charge on any atom is 0.314 e. The van der Waals surface area contributed by atoms with Gasteiger partial charge < -0.3 is 20.5 Å². The van der Waals surface area contributed by atoms with Crippen molar-refractivity contribution in [2.24, 2.45) is 11.3 Å². The first kappa shape index (κ1) is 17.7. The quantitative estimate of drug-likeness (QED) is 0.594. The highest BCUT2D eigenvalue weighted by atomic mass is 16.5. The zero-order valence-corrected chi connectivity index (χ0v) is 12.3. The van der Waals surface area contributed by atoms with Crippen LogP contribution in [0.2, 0.25) is 0 Å². The third-order valence-corrected chi connectivity index (χ3v) is 3.46. The molecule has 112 valence electrons. The summed E-state index contributed by atoms with van der Waals surface area (Å²) in [5.74, 6) is -0.650. The number of carbonyl (C=O) groups excluding carboxylic acids is 1. The predicted octanol–water partition coefficient (Wildman–Crippen LogP) is 1.46. The van der Waals surface area contributed by atoms with E-state index < -0.39 is 11.4 Å². The lowest BCUT2D eigenvalue weighted by Gasteiger charge is -2.27. The van der Waals surface area contributed by atoms with Crippen molar-refractivity contribution in [1.82, 2.24) is 10.6 Å². The van der Waals surface area contributed by atoms with Gasteiger partial charge in [0.2, 0.25) is 0 Å². The Morgan fingerprint density at radius 1 is 1.26 bits per heavy atom. The topological polar surface area (TPSA) is 87.7 Å². The highest BCUT2D eigenvalue weighted by Crippen LogP contribution is 2.25. The number of nitrogens with one attached hydrogen (secondary N) is 2. The summed E-state index contributed by atoms with van der Waals surface area (Å²) in [6.45, 7) is 6.81. The Hall–Kier alpha value is -1.30. The number of carbonyl (C=O) groups is 2. The van der Waals surface area contributed by atoms with Crippen LogP contribution < -0.4 is 10.6 Å². The van der Waals surface area contributed by atoms with Gasteiger partial charge in [-0.3, -0.25) is 4.79 Å². The molecular weight excluding hydrogens is 248 g/mol. The van der Waals surface area contributed by atoms with Crippen LogP contribution in [0.25, 0.3) is 0 Å². The number of carboxylic acids is 1. The molecule has 0 saturated carbocycles. The van der Waals surface area contributed by atoms with Crippen LogP contribution >= 0.6 is 0 Å². The van der Waals surface area contributed by atoms with E-state index in [0.717, 1.165) is 0 Å². The summed E-state index contributed by atoms with van der Waals surface area (Å²) in [5, 5.41) is 14.6. The molecule has 1 unspecified atom stereocenters. The molecule has 3 N–H and O–H groups in total. The Labute approximate surface area is 114 Å². The molecule has 0 bridgehead atoms. The van der Waals surface area contributed by atoms with Crippen molar-refractivity contribution in [1.29, 1.82) is 0 Å². The SMILES string of the molecule is CCC(CC)(CNC(=O)NCC(C)COC)C(=O)O. The van der Waals surface area contributed by atoms with Crippen molar-refractivity contribution in [2.75, 3.05) is 26.8 Å². The lowest BCUT2D eigenvalue weighted by atomic mass is 9.82. The summed E-state index contributed by atoms with van der Waals surface area (Å²) in [6.07, 6.45) is 0.971. The van der Waals surface area contributed by atoms with Crippen LogP contribution in [0.4, 0.5) is 4.79 Å². The number of carboxylic acid groups (broad SMARTS) is 1. The van der Waals surface area contributed by atoms with Gasteiger partial charge in [-0.05, 0) is 18.8 Å². The van der Waals surface area contributed by atoms with Gasteiger partial charge >= 0.3 is 12.0 Å². The molecule has 6 nitrogen and oxygen atoms in total. The molecule has 0 aliphatic carbocycles. The number of urea groups is 1. The molecule has 0 radical (unpaired) electrons.